The second kappa shape index (κ2) is 9.94. The van der Waals surface area contributed by atoms with E-state index in [2.05, 4.69) is 43.1 Å². The molecule has 0 amide bonds. The van der Waals surface area contributed by atoms with Gasteiger partial charge in [0, 0.05) is 38.0 Å². The van der Waals surface area contributed by atoms with Crippen LogP contribution in [0.15, 0.2) is 23.0 Å². The van der Waals surface area contributed by atoms with Gasteiger partial charge in [-0.25, -0.2) is 4.98 Å². The Morgan fingerprint density at radius 1 is 1.26 bits per heavy atom. The lowest BCUT2D eigenvalue weighted by atomic mass is 10.3. The van der Waals surface area contributed by atoms with Crippen LogP contribution in [0.2, 0.25) is 0 Å². The monoisotopic (exact) mass is 335 g/mol. The third-order valence-electron chi connectivity index (χ3n) is 3.25. The van der Waals surface area contributed by atoms with Crippen molar-refractivity contribution in [2.45, 2.75) is 39.7 Å². The number of thiazole rings is 1. The van der Waals surface area contributed by atoms with E-state index in [0.29, 0.717) is 0 Å². The number of nitrogens with zero attached hydrogens (tertiary/aromatic N) is 5. The van der Waals surface area contributed by atoms with E-state index in [4.69, 9.17) is 0 Å². The van der Waals surface area contributed by atoms with Crippen LogP contribution in [-0.2, 0) is 13.0 Å². The number of hydrogen-bond acceptors (Lipinski definition) is 5. The fourth-order valence-electron chi connectivity index (χ4n) is 2.11. The molecule has 0 aliphatic carbocycles. The van der Waals surface area contributed by atoms with Crippen LogP contribution in [-0.4, -0.2) is 45.3 Å². The van der Waals surface area contributed by atoms with Crippen molar-refractivity contribution < 1.29 is 0 Å². The van der Waals surface area contributed by atoms with Crippen molar-refractivity contribution in [2.24, 2.45) is 4.99 Å². The van der Waals surface area contributed by atoms with E-state index in [0.717, 1.165) is 62.1 Å². The molecule has 2 N–H and O–H groups in total. The molecule has 0 radical (unpaired) electrons. The van der Waals surface area contributed by atoms with E-state index in [1.54, 1.807) is 24.0 Å². The smallest absolute Gasteiger partial charge is 0.191 e. The zero-order valence-corrected chi connectivity index (χ0v) is 14.6. The summed E-state index contributed by atoms with van der Waals surface area (Å²) in [6.45, 7) is 7.57. The Bertz CT molecular complexity index is 576. The van der Waals surface area contributed by atoms with E-state index in [9.17, 15) is 0 Å². The van der Waals surface area contributed by atoms with Crippen LogP contribution < -0.4 is 10.6 Å². The van der Waals surface area contributed by atoms with Gasteiger partial charge in [-0.15, -0.1) is 21.5 Å². The Morgan fingerprint density at radius 2 is 2.09 bits per heavy atom. The van der Waals surface area contributed by atoms with Crippen LogP contribution >= 0.6 is 11.3 Å². The lowest BCUT2D eigenvalue weighted by Crippen LogP contribution is -2.38. The van der Waals surface area contributed by atoms with E-state index in [-0.39, 0.29) is 0 Å². The lowest BCUT2D eigenvalue weighted by Gasteiger charge is -2.10. The van der Waals surface area contributed by atoms with Crippen molar-refractivity contribution in [3.05, 3.63) is 28.7 Å². The number of aryl methyl sites for hydroxylation is 2. The predicted octanol–water partition coefficient (Wildman–Crippen LogP) is 1.62. The molecule has 7 nitrogen and oxygen atoms in total. The SMILES string of the molecule is CCNC(=NCCCCn1cnnc1)NCCc1csc(C)n1. The molecule has 0 saturated heterocycles. The summed E-state index contributed by atoms with van der Waals surface area (Å²) >= 11 is 1.70. The Hall–Kier alpha value is -1.96. The molecule has 0 spiro atoms. The second-order valence-electron chi connectivity index (χ2n) is 5.20. The number of nitrogens with one attached hydrogen (secondary N) is 2. The number of aromatic nitrogens is 4. The zero-order valence-electron chi connectivity index (χ0n) is 13.8. The van der Waals surface area contributed by atoms with Gasteiger partial charge in [0.1, 0.15) is 12.7 Å². The van der Waals surface area contributed by atoms with Gasteiger partial charge in [-0.3, -0.25) is 4.99 Å². The Morgan fingerprint density at radius 3 is 2.78 bits per heavy atom. The number of aliphatic imine (C=N–C) groups is 1. The number of rotatable bonds is 9. The fraction of sp³-hybridized carbons (Fsp3) is 0.600. The minimum Gasteiger partial charge on any atom is -0.357 e. The third-order valence-corrected chi connectivity index (χ3v) is 4.07. The highest BCUT2D eigenvalue weighted by Crippen LogP contribution is 2.07. The van der Waals surface area contributed by atoms with E-state index < -0.39 is 0 Å². The normalized spacial score (nSPS) is 11.7. The largest absolute Gasteiger partial charge is 0.357 e. The topological polar surface area (TPSA) is 80.0 Å². The minimum atomic E-state index is 0.813. The zero-order chi connectivity index (χ0) is 16.3. The van der Waals surface area contributed by atoms with Crippen molar-refractivity contribution in [1.29, 1.82) is 0 Å². The van der Waals surface area contributed by atoms with Gasteiger partial charge in [0.15, 0.2) is 5.96 Å². The van der Waals surface area contributed by atoms with Crippen molar-refractivity contribution in [3.8, 4) is 0 Å². The van der Waals surface area contributed by atoms with Crippen molar-refractivity contribution in [1.82, 2.24) is 30.4 Å². The molecule has 0 unspecified atom stereocenters. The average molecular weight is 335 g/mol. The molecule has 0 fully saturated rings. The van der Waals surface area contributed by atoms with E-state index in [1.165, 1.54) is 0 Å². The fourth-order valence-corrected chi connectivity index (χ4v) is 2.76. The molecule has 2 rings (SSSR count). The summed E-state index contributed by atoms with van der Waals surface area (Å²) in [7, 11) is 0. The van der Waals surface area contributed by atoms with Gasteiger partial charge in [-0.1, -0.05) is 0 Å². The third kappa shape index (κ3) is 6.77. The molecule has 0 aliphatic rings. The van der Waals surface area contributed by atoms with Gasteiger partial charge in [-0.2, -0.15) is 0 Å². The van der Waals surface area contributed by atoms with Crippen LogP contribution in [0.1, 0.15) is 30.5 Å². The highest BCUT2D eigenvalue weighted by atomic mass is 32.1. The lowest BCUT2D eigenvalue weighted by molar-refractivity contribution is 0.611. The van der Waals surface area contributed by atoms with Crippen molar-refractivity contribution >= 4 is 17.3 Å². The Labute approximate surface area is 141 Å². The molecule has 0 atom stereocenters. The average Bonchev–Trinajstić information content (AvgIpc) is 3.19. The first-order valence-corrected chi connectivity index (χ1v) is 8.91. The maximum Gasteiger partial charge on any atom is 0.191 e. The summed E-state index contributed by atoms with van der Waals surface area (Å²) in [5, 5.41) is 17.5. The summed E-state index contributed by atoms with van der Waals surface area (Å²) < 4.78 is 1.99. The molecule has 0 aliphatic heterocycles. The number of guanidine groups is 1. The molecule has 2 heterocycles. The Balaban J connectivity index is 1.64. The molecule has 2 aromatic rings. The molecule has 8 heteroatoms. The van der Waals surface area contributed by atoms with Gasteiger partial charge in [0.25, 0.3) is 0 Å². The first-order chi connectivity index (χ1) is 11.3. The molecular weight excluding hydrogens is 310 g/mol. The van der Waals surface area contributed by atoms with Crippen molar-refractivity contribution in [3.63, 3.8) is 0 Å². The van der Waals surface area contributed by atoms with Crippen LogP contribution in [0.25, 0.3) is 0 Å². The van der Waals surface area contributed by atoms with Gasteiger partial charge >= 0.3 is 0 Å². The molecule has 0 saturated carbocycles. The second-order valence-corrected chi connectivity index (χ2v) is 6.26. The quantitative estimate of drug-likeness (QED) is 0.413. The van der Waals surface area contributed by atoms with E-state index in [1.807, 2.05) is 11.5 Å². The molecule has 0 bridgehead atoms. The van der Waals surface area contributed by atoms with Gasteiger partial charge in [0.05, 0.1) is 10.7 Å². The summed E-state index contributed by atoms with van der Waals surface area (Å²) in [4.78, 5) is 9.07. The summed E-state index contributed by atoms with van der Waals surface area (Å²) in [6.07, 6.45) is 6.52. The minimum absolute atomic E-state index is 0.813. The molecule has 0 aromatic carbocycles. The highest BCUT2D eigenvalue weighted by molar-refractivity contribution is 7.09. The molecule has 126 valence electrons. The predicted molar refractivity (Wildman–Crippen MR) is 93.8 cm³/mol. The number of hydrogen-bond donors (Lipinski definition) is 2. The maximum atomic E-state index is 4.60. The number of unbranched alkanes of at least 4 members (excludes halogenated alkanes) is 1. The van der Waals surface area contributed by atoms with Gasteiger partial charge < -0.3 is 15.2 Å². The first kappa shape index (κ1) is 17.4. The van der Waals surface area contributed by atoms with Gasteiger partial charge in [-0.05, 0) is 26.7 Å². The molecular formula is C15H25N7S. The highest BCUT2D eigenvalue weighted by Gasteiger charge is 2.00. The van der Waals surface area contributed by atoms with Crippen LogP contribution in [0, 0.1) is 6.92 Å². The Kier molecular flexibility index (Phi) is 7.51. The summed E-state index contributed by atoms with van der Waals surface area (Å²) in [5.41, 5.74) is 1.14. The standard InChI is InChI=1S/C15H25N7S/c1-3-16-15(18-8-6-14-10-23-13(2)21-14)17-7-4-5-9-22-11-19-20-12-22/h10-12H,3-9H2,1-2H3,(H2,16,17,18). The van der Waals surface area contributed by atoms with Gasteiger partial charge in [0.2, 0.25) is 0 Å². The van der Waals surface area contributed by atoms with Crippen LogP contribution in [0.5, 0.6) is 0 Å². The molecule has 23 heavy (non-hydrogen) atoms. The maximum absolute atomic E-state index is 4.60. The molecule has 2 aromatic heterocycles. The van der Waals surface area contributed by atoms with Crippen LogP contribution in [0.3, 0.4) is 0 Å². The van der Waals surface area contributed by atoms with E-state index >= 15 is 0 Å². The summed E-state index contributed by atoms with van der Waals surface area (Å²) in [5.74, 6) is 0.878. The first-order valence-electron chi connectivity index (χ1n) is 8.03. The van der Waals surface area contributed by atoms with Crippen LogP contribution in [0.4, 0.5) is 0 Å². The van der Waals surface area contributed by atoms with Crippen molar-refractivity contribution in [2.75, 3.05) is 19.6 Å². The summed E-state index contributed by atoms with van der Waals surface area (Å²) in [6, 6.07) is 0.